The largest absolute Gasteiger partial charge is 0.393 e. The van der Waals surface area contributed by atoms with Crippen molar-refractivity contribution >= 4 is 0 Å². The molecule has 1 aromatic carbocycles. The second-order valence-electron chi connectivity index (χ2n) is 5.79. The van der Waals surface area contributed by atoms with E-state index in [1.165, 1.54) is 24.0 Å². The van der Waals surface area contributed by atoms with Crippen molar-refractivity contribution in [2.24, 2.45) is 5.92 Å². The standard InChI is InChI=1S/C16H24O/c1-12(2)15-8-6-13(7-9-15)10-14-4-3-5-16(17)11-14/h6-9,12,14,16-17H,3-5,10-11H2,1-2H3. The molecule has 0 radical (unpaired) electrons. The van der Waals surface area contributed by atoms with Crippen LogP contribution in [0.1, 0.15) is 56.6 Å². The van der Waals surface area contributed by atoms with Crippen LogP contribution >= 0.6 is 0 Å². The highest BCUT2D eigenvalue weighted by molar-refractivity contribution is 5.25. The Balaban J connectivity index is 1.94. The van der Waals surface area contributed by atoms with Gasteiger partial charge in [0.2, 0.25) is 0 Å². The summed E-state index contributed by atoms with van der Waals surface area (Å²) in [5.41, 5.74) is 2.84. The zero-order chi connectivity index (χ0) is 12.3. The monoisotopic (exact) mass is 232 g/mol. The van der Waals surface area contributed by atoms with Crippen LogP contribution in [0.4, 0.5) is 0 Å². The summed E-state index contributed by atoms with van der Waals surface area (Å²) in [6, 6.07) is 9.02. The van der Waals surface area contributed by atoms with Crippen molar-refractivity contribution in [2.75, 3.05) is 0 Å². The molecule has 1 saturated carbocycles. The molecule has 1 heteroatoms. The van der Waals surface area contributed by atoms with Crippen LogP contribution < -0.4 is 0 Å². The Morgan fingerprint density at radius 2 is 1.88 bits per heavy atom. The van der Waals surface area contributed by atoms with Crippen molar-refractivity contribution in [1.29, 1.82) is 0 Å². The minimum atomic E-state index is -0.0521. The third kappa shape index (κ3) is 3.57. The lowest BCUT2D eigenvalue weighted by molar-refractivity contribution is 0.101. The van der Waals surface area contributed by atoms with Gasteiger partial charge in [0, 0.05) is 0 Å². The quantitative estimate of drug-likeness (QED) is 0.838. The fourth-order valence-corrected chi connectivity index (χ4v) is 2.82. The van der Waals surface area contributed by atoms with E-state index >= 15 is 0 Å². The summed E-state index contributed by atoms with van der Waals surface area (Å²) in [5.74, 6) is 1.30. The number of rotatable bonds is 3. The Bertz CT molecular complexity index is 339. The molecular weight excluding hydrogens is 208 g/mol. The van der Waals surface area contributed by atoms with Crippen molar-refractivity contribution in [2.45, 2.75) is 58.0 Å². The predicted molar refractivity (Wildman–Crippen MR) is 72.2 cm³/mol. The van der Waals surface area contributed by atoms with Gasteiger partial charge in [-0.05, 0) is 48.6 Å². The van der Waals surface area contributed by atoms with Crippen LogP contribution in [-0.4, -0.2) is 11.2 Å². The Kier molecular flexibility index (Phi) is 4.22. The van der Waals surface area contributed by atoms with Gasteiger partial charge in [-0.3, -0.25) is 0 Å². The van der Waals surface area contributed by atoms with E-state index in [0.717, 1.165) is 19.3 Å². The Labute approximate surface area is 105 Å². The van der Waals surface area contributed by atoms with E-state index in [4.69, 9.17) is 0 Å². The number of aliphatic hydroxyl groups is 1. The molecule has 1 aromatic rings. The molecule has 0 spiro atoms. The first kappa shape index (κ1) is 12.6. The van der Waals surface area contributed by atoms with Gasteiger partial charge in [0.1, 0.15) is 0 Å². The molecule has 0 heterocycles. The molecule has 0 bridgehead atoms. The normalized spacial score (nSPS) is 25.2. The van der Waals surface area contributed by atoms with Crippen LogP contribution in [0.25, 0.3) is 0 Å². The van der Waals surface area contributed by atoms with Crippen molar-refractivity contribution in [3.63, 3.8) is 0 Å². The van der Waals surface area contributed by atoms with Gasteiger partial charge in [-0.15, -0.1) is 0 Å². The van der Waals surface area contributed by atoms with Gasteiger partial charge in [-0.2, -0.15) is 0 Å². The van der Waals surface area contributed by atoms with Crippen LogP contribution in [0.5, 0.6) is 0 Å². The van der Waals surface area contributed by atoms with E-state index in [1.807, 2.05) is 0 Å². The first-order valence-electron chi connectivity index (χ1n) is 6.92. The minimum Gasteiger partial charge on any atom is -0.393 e. The Morgan fingerprint density at radius 3 is 2.47 bits per heavy atom. The van der Waals surface area contributed by atoms with Gasteiger partial charge >= 0.3 is 0 Å². The molecule has 94 valence electrons. The fraction of sp³-hybridized carbons (Fsp3) is 0.625. The maximum absolute atomic E-state index is 9.67. The van der Waals surface area contributed by atoms with Crippen molar-refractivity contribution < 1.29 is 5.11 Å². The summed E-state index contributed by atoms with van der Waals surface area (Å²) in [7, 11) is 0. The van der Waals surface area contributed by atoms with Gasteiger partial charge < -0.3 is 5.11 Å². The molecule has 17 heavy (non-hydrogen) atoms. The van der Waals surface area contributed by atoms with Gasteiger partial charge in [-0.1, -0.05) is 44.5 Å². The van der Waals surface area contributed by atoms with Crippen LogP contribution in [0.15, 0.2) is 24.3 Å². The number of aliphatic hydroxyl groups excluding tert-OH is 1. The van der Waals surface area contributed by atoms with E-state index in [2.05, 4.69) is 38.1 Å². The topological polar surface area (TPSA) is 20.2 Å². The van der Waals surface area contributed by atoms with E-state index in [9.17, 15) is 5.11 Å². The summed E-state index contributed by atoms with van der Waals surface area (Å²) in [4.78, 5) is 0. The first-order valence-corrected chi connectivity index (χ1v) is 6.92. The maximum Gasteiger partial charge on any atom is 0.0543 e. The molecule has 2 unspecified atom stereocenters. The van der Waals surface area contributed by atoms with Crippen molar-refractivity contribution in [3.8, 4) is 0 Å². The Hall–Kier alpha value is -0.820. The summed E-state index contributed by atoms with van der Waals surface area (Å²) < 4.78 is 0. The van der Waals surface area contributed by atoms with Gasteiger partial charge in [-0.25, -0.2) is 0 Å². The molecule has 1 nitrogen and oxygen atoms in total. The van der Waals surface area contributed by atoms with E-state index < -0.39 is 0 Å². The summed E-state index contributed by atoms with van der Waals surface area (Å²) in [6.45, 7) is 4.46. The minimum absolute atomic E-state index is 0.0521. The van der Waals surface area contributed by atoms with Gasteiger partial charge in [0.15, 0.2) is 0 Å². The predicted octanol–water partition coefficient (Wildman–Crippen LogP) is 3.90. The van der Waals surface area contributed by atoms with Crippen LogP contribution in [0.2, 0.25) is 0 Å². The maximum atomic E-state index is 9.67. The van der Waals surface area contributed by atoms with Crippen LogP contribution in [-0.2, 0) is 6.42 Å². The highest BCUT2D eigenvalue weighted by Gasteiger charge is 2.20. The SMILES string of the molecule is CC(C)c1ccc(CC2CCCC(O)C2)cc1. The van der Waals surface area contributed by atoms with Gasteiger partial charge in [0.25, 0.3) is 0 Å². The van der Waals surface area contributed by atoms with Crippen molar-refractivity contribution in [1.82, 2.24) is 0 Å². The molecule has 0 aromatic heterocycles. The molecule has 2 atom stereocenters. The summed E-state index contributed by atoms with van der Waals surface area (Å²) in [6.07, 6.45) is 5.55. The lowest BCUT2D eigenvalue weighted by atomic mass is 9.83. The molecule has 2 rings (SSSR count). The zero-order valence-electron chi connectivity index (χ0n) is 11.0. The third-order valence-corrected chi connectivity index (χ3v) is 3.93. The highest BCUT2D eigenvalue weighted by Crippen LogP contribution is 2.27. The van der Waals surface area contributed by atoms with E-state index in [0.29, 0.717) is 11.8 Å². The molecule has 1 N–H and O–H groups in total. The smallest absolute Gasteiger partial charge is 0.0543 e. The molecule has 0 amide bonds. The fourth-order valence-electron chi connectivity index (χ4n) is 2.82. The van der Waals surface area contributed by atoms with E-state index in [-0.39, 0.29) is 6.10 Å². The molecule has 0 aliphatic heterocycles. The molecule has 1 fully saturated rings. The summed E-state index contributed by atoms with van der Waals surface area (Å²) in [5, 5.41) is 9.67. The van der Waals surface area contributed by atoms with Crippen molar-refractivity contribution in [3.05, 3.63) is 35.4 Å². The number of benzene rings is 1. The number of hydrogen-bond acceptors (Lipinski definition) is 1. The lowest BCUT2D eigenvalue weighted by Crippen LogP contribution is -2.20. The molecule has 0 saturated heterocycles. The second-order valence-corrected chi connectivity index (χ2v) is 5.79. The second kappa shape index (κ2) is 5.68. The average Bonchev–Trinajstić information content (AvgIpc) is 2.29. The zero-order valence-corrected chi connectivity index (χ0v) is 11.0. The molecule has 1 aliphatic carbocycles. The summed E-state index contributed by atoms with van der Waals surface area (Å²) >= 11 is 0. The first-order chi connectivity index (χ1) is 8.15. The van der Waals surface area contributed by atoms with Crippen LogP contribution in [0, 0.1) is 5.92 Å². The van der Waals surface area contributed by atoms with E-state index in [1.54, 1.807) is 0 Å². The lowest BCUT2D eigenvalue weighted by Gasteiger charge is -2.25. The average molecular weight is 232 g/mol. The van der Waals surface area contributed by atoms with Gasteiger partial charge in [0.05, 0.1) is 6.10 Å². The molecule has 1 aliphatic rings. The number of hydrogen-bond donors (Lipinski definition) is 1. The third-order valence-electron chi connectivity index (χ3n) is 3.93. The highest BCUT2D eigenvalue weighted by atomic mass is 16.3. The molecular formula is C16H24O. The Morgan fingerprint density at radius 1 is 1.18 bits per heavy atom. The van der Waals surface area contributed by atoms with Crippen LogP contribution in [0.3, 0.4) is 0 Å².